The maximum atomic E-state index is 13.0. The molecule has 0 atom stereocenters. The van der Waals surface area contributed by atoms with E-state index in [2.05, 4.69) is 4.99 Å². The maximum absolute atomic E-state index is 13.0. The Morgan fingerprint density at radius 1 is 1.15 bits per heavy atom. The third-order valence-electron chi connectivity index (χ3n) is 4.06. The summed E-state index contributed by atoms with van der Waals surface area (Å²) in [4.78, 5) is 19.0. The van der Waals surface area contributed by atoms with E-state index in [-0.39, 0.29) is 11.7 Å². The number of hydrogen-bond acceptors (Lipinski definition) is 4. The second-order valence-corrected chi connectivity index (χ2v) is 7.01. The topological polar surface area (TPSA) is 41.9 Å². The number of methoxy groups -OCH3 is 1. The molecule has 1 aliphatic rings. The molecule has 6 heteroatoms. The summed E-state index contributed by atoms with van der Waals surface area (Å²) in [5.41, 5.74) is 2.31. The summed E-state index contributed by atoms with van der Waals surface area (Å²) in [5, 5.41) is 0.686. The standard InChI is InChI=1S/C21H21FN2O2S/c1-3-12-24-20(25)19(13-15-6-10-18(26-2)11-7-15)23-21(24)27-14-16-4-8-17(22)9-5-16/h4-11,13H,3,12,14H2,1-2H3. The van der Waals surface area contributed by atoms with Gasteiger partial charge in [0.1, 0.15) is 17.3 Å². The summed E-state index contributed by atoms with van der Waals surface area (Å²) in [6, 6.07) is 13.9. The van der Waals surface area contributed by atoms with Gasteiger partial charge < -0.3 is 4.74 Å². The van der Waals surface area contributed by atoms with Gasteiger partial charge in [0.2, 0.25) is 0 Å². The van der Waals surface area contributed by atoms with Gasteiger partial charge in [-0.15, -0.1) is 0 Å². The molecule has 0 radical (unpaired) electrons. The summed E-state index contributed by atoms with van der Waals surface area (Å²) < 4.78 is 18.2. The van der Waals surface area contributed by atoms with Crippen LogP contribution in [0.4, 0.5) is 4.39 Å². The zero-order chi connectivity index (χ0) is 19.2. The molecule has 27 heavy (non-hydrogen) atoms. The minimum Gasteiger partial charge on any atom is -0.497 e. The molecule has 140 valence electrons. The molecule has 4 nitrogen and oxygen atoms in total. The number of ether oxygens (including phenoxy) is 1. The van der Waals surface area contributed by atoms with Crippen LogP contribution in [0.5, 0.6) is 5.75 Å². The molecular weight excluding hydrogens is 363 g/mol. The molecule has 2 aromatic carbocycles. The Kier molecular flexibility index (Phi) is 6.29. The Morgan fingerprint density at radius 3 is 2.48 bits per heavy atom. The van der Waals surface area contributed by atoms with E-state index in [9.17, 15) is 9.18 Å². The molecule has 0 aliphatic carbocycles. The highest BCUT2D eigenvalue weighted by atomic mass is 32.2. The minimum absolute atomic E-state index is 0.0886. The van der Waals surface area contributed by atoms with Crippen LogP contribution in [0.25, 0.3) is 6.08 Å². The molecule has 0 unspecified atom stereocenters. The normalized spacial score (nSPS) is 15.4. The van der Waals surface area contributed by atoms with Crippen LogP contribution in [-0.2, 0) is 10.5 Å². The Bertz CT molecular complexity index is 861. The second-order valence-electron chi connectivity index (χ2n) is 6.07. The quantitative estimate of drug-likeness (QED) is 0.677. The highest BCUT2D eigenvalue weighted by Crippen LogP contribution is 2.27. The Hall–Kier alpha value is -2.60. The molecular formula is C21H21FN2O2S. The second kappa shape index (κ2) is 8.86. The average Bonchev–Trinajstić information content (AvgIpc) is 2.97. The highest BCUT2D eigenvalue weighted by molar-refractivity contribution is 8.13. The molecule has 0 aromatic heterocycles. The number of thioether (sulfide) groups is 1. The van der Waals surface area contributed by atoms with Crippen LogP contribution in [-0.4, -0.2) is 29.6 Å². The summed E-state index contributed by atoms with van der Waals surface area (Å²) >= 11 is 1.49. The van der Waals surface area contributed by atoms with Gasteiger partial charge in [-0.05, 0) is 47.9 Å². The van der Waals surface area contributed by atoms with E-state index in [0.29, 0.717) is 23.2 Å². The van der Waals surface area contributed by atoms with Crippen molar-refractivity contribution in [3.8, 4) is 5.75 Å². The molecule has 0 spiro atoms. The van der Waals surface area contributed by atoms with Crippen molar-refractivity contribution in [2.75, 3.05) is 13.7 Å². The van der Waals surface area contributed by atoms with Crippen LogP contribution in [0.3, 0.4) is 0 Å². The minimum atomic E-state index is -0.255. The Balaban J connectivity index is 1.78. The van der Waals surface area contributed by atoms with Gasteiger partial charge in [-0.2, -0.15) is 0 Å². The van der Waals surface area contributed by atoms with E-state index in [0.717, 1.165) is 23.3 Å². The summed E-state index contributed by atoms with van der Waals surface area (Å²) in [6.07, 6.45) is 2.63. The number of hydrogen-bond donors (Lipinski definition) is 0. The number of rotatable bonds is 6. The molecule has 0 bridgehead atoms. The third-order valence-corrected chi connectivity index (χ3v) is 5.11. The van der Waals surface area contributed by atoms with Crippen molar-refractivity contribution in [2.45, 2.75) is 19.1 Å². The third kappa shape index (κ3) is 4.77. The van der Waals surface area contributed by atoms with Gasteiger partial charge in [0, 0.05) is 12.3 Å². The predicted molar refractivity (Wildman–Crippen MR) is 108 cm³/mol. The fourth-order valence-corrected chi connectivity index (χ4v) is 3.63. The molecule has 0 saturated carbocycles. The fraction of sp³-hybridized carbons (Fsp3) is 0.238. The first-order valence-corrected chi connectivity index (χ1v) is 9.73. The number of benzene rings is 2. The van der Waals surface area contributed by atoms with Gasteiger partial charge >= 0.3 is 0 Å². The van der Waals surface area contributed by atoms with Crippen molar-refractivity contribution in [1.29, 1.82) is 0 Å². The zero-order valence-corrected chi connectivity index (χ0v) is 16.1. The molecule has 1 aliphatic heterocycles. The number of carbonyl (C=O) groups excluding carboxylic acids is 1. The van der Waals surface area contributed by atoms with Crippen molar-refractivity contribution < 1.29 is 13.9 Å². The first-order valence-electron chi connectivity index (χ1n) is 8.74. The van der Waals surface area contributed by atoms with Crippen molar-refractivity contribution >= 4 is 28.9 Å². The van der Waals surface area contributed by atoms with Crippen LogP contribution in [0, 0.1) is 5.82 Å². The lowest BCUT2D eigenvalue weighted by Gasteiger charge is -2.16. The average molecular weight is 384 g/mol. The lowest BCUT2D eigenvalue weighted by Crippen LogP contribution is -2.31. The largest absolute Gasteiger partial charge is 0.497 e. The number of aliphatic imine (C=N–C) groups is 1. The zero-order valence-electron chi connectivity index (χ0n) is 15.3. The number of carbonyl (C=O) groups is 1. The SMILES string of the molecule is CCCN1C(=O)C(=Cc2ccc(OC)cc2)N=C1SCc1ccc(F)cc1. The van der Waals surface area contributed by atoms with Crippen molar-refractivity contribution in [1.82, 2.24) is 4.90 Å². The molecule has 1 heterocycles. The first kappa shape index (κ1) is 19.2. The van der Waals surface area contributed by atoms with Crippen molar-refractivity contribution in [3.63, 3.8) is 0 Å². The predicted octanol–water partition coefficient (Wildman–Crippen LogP) is 4.72. The maximum Gasteiger partial charge on any atom is 0.278 e. The Labute approximate surface area is 162 Å². The van der Waals surface area contributed by atoms with E-state index >= 15 is 0 Å². The lowest BCUT2D eigenvalue weighted by atomic mass is 10.2. The van der Waals surface area contributed by atoms with E-state index in [1.165, 1.54) is 23.9 Å². The lowest BCUT2D eigenvalue weighted by molar-refractivity contribution is -0.122. The van der Waals surface area contributed by atoms with E-state index in [1.54, 1.807) is 30.2 Å². The number of amides is 1. The smallest absolute Gasteiger partial charge is 0.278 e. The summed E-state index contributed by atoms with van der Waals surface area (Å²) in [7, 11) is 1.62. The van der Waals surface area contributed by atoms with Gasteiger partial charge in [0.15, 0.2) is 5.17 Å². The monoisotopic (exact) mass is 384 g/mol. The first-order chi connectivity index (χ1) is 13.1. The van der Waals surface area contributed by atoms with Crippen LogP contribution < -0.4 is 4.74 Å². The highest BCUT2D eigenvalue weighted by Gasteiger charge is 2.29. The molecule has 0 N–H and O–H groups in total. The number of amidine groups is 1. The van der Waals surface area contributed by atoms with Crippen LogP contribution >= 0.6 is 11.8 Å². The van der Waals surface area contributed by atoms with Gasteiger partial charge in [0.05, 0.1) is 7.11 Å². The van der Waals surface area contributed by atoms with Crippen molar-refractivity contribution in [2.24, 2.45) is 4.99 Å². The summed E-state index contributed by atoms with van der Waals surface area (Å²) in [6.45, 7) is 2.65. The number of halogens is 1. The van der Waals surface area contributed by atoms with Crippen molar-refractivity contribution in [3.05, 3.63) is 71.2 Å². The molecule has 1 amide bonds. The Morgan fingerprint density at radius 2 is 1.85 bits per heavy atom. The van der Waals surface area contributed by atoms with Crippen LogP contribution in [0.2, 0.25) is 0 Å². The molecule has 3 rings (SSSR count). The molecule has 0 saturated heterocycles. The summed E-state index contributed by atoms with van der Waals surface area (Å²) in [5.74, 6) is 1.05. The van der Waals surface area contributed by atoms with Gasteiger partial charge in [-0.1, -0.05) is 43.0 Å². The molecule has 2 aromatic rings. The van der Waals surface area contributed by atoms with E-state index in [4.69, 9.17) is 4.74 Å². The van der Waals surface area contributed by atoms with E-state index < -0.39 is 0 Å². The van der Waals surface area contributed by atoms with Gasteiger partial charge in [-0.3, -0.25) is 9.69 Å². The van der Waals surface area contributed by atoms with Gasteiger partial charge in [-0.25, -0.2) is 9.38 Å². The van der Waals surface area contributed by atoms with Gasteiger partial charge in [0.25, 0.3) is 5.91 Å². The fourth-order valence-electron chi connectivity index (χ4n) is 2.65. The number of nitrogens with zero attached hydrogens (tertiary/aromatic N) is 2. The van der Waals surface area contributed by atoms with Crippen LogP contribution in [0.15, 0.2) is 59.2 Å². The van der Waals surface area contributed by atoms with E-state index in [1.807, 2.05) is 31.2 Å². The van der Waals surface area contributed by atoms with Crippen LogP contribution in [0.1, 0.15) is 24.5 Å². The molecule has 0 fully saturated rings.